The summed E-state index contributed by atoms with van der Waals surface area (Å²) in [6.45, 7) is 14.0. The molecule has 0 aliphatic rings. The molecule has 1 radical (unpaired) electrons. The van der Waals surface area contributed by atoms with Crippen molar-refractivity contribution in [1.29, 1.82) is 0 Å². The lowest BCUT2D eigenvalue weighted by molar-refractivity contribution is 0.146. The maximum absolute atomic E-state index is 11.1. The molecule has 4 nitrogen and oxygen atoms in total. The first-order valence-corrected chi connectivity index (χ1v) is 16.9. The molecule has 0 spiro atoms. The third kappa shape index (κ3) is 20.4. The molecule has 0 aromatic carbocycles. The Morgan fingerprint density at radius 3 is 1.03 bits per heavy atom. The molecule has 0 aromatic rings. The third-order valence-electron chi connectivity index (χ3n) is 5.45. The van der Waals surface area contributed by atoms with E-state index < -0.39 is 15.1 Å². The number of hydrogen-bond donors (Lipinski definition) is 1. The topological polar surface area (TPSA) is 55.8 Å². The van der Waals surface area contributed by atoms with Crippen LogP contribution in [0.4, 0.5) is 0 Å². The minimum atomic E-state index is -3.75. The van der Waals surface area contributed by atoms with Gasteiger partial charge in [0, 0.05) is 0 Å². The van der Waals surface area contributed by atoms with Gasteiger partial charge in [-0.05, 0) is 63.2 Å². The summed E-state index contributed by atoms with van der Waals surface area (Å²) in [5.41, 5.74) is 0. The molecule has 0 aliphatic carbocycles. The largest absolute Gasteiger partial charge is 0.472 e. The molecule has 0 unspecified atom stereocenters. The molecule has 0 amide bonds. The van der Waals surface area contributed by atoms with Gasteiger partial charge >= 0.3 is 7.82 Å². The van der Waals surface area contributed by atoms with Crippen LogP contribution in [0.3, 0.4) is 0 Å². The van der Waals surface area contributed by atoms with Gasteiger partial charge in [0.1, 0.15) is 0 Å². The fourth-order valence-electron chi connectivity index (χ4n) is 3.33. The SMILES string of the molecule is CCCCOP(=O)(O)OCCCC.CCCC[P](CCCC)(CCCC)CCCC. The first kappa shape index (κ1) is 32.7. The smallest absolute Gasteiger partial charge is 0.302 e. The summed E-state index contributed by atoms with van der Waals surface area (Å²) in [6.07, 6.45) is 21.4. The molecule has 185 valence electrons. The molecule has 0 bridgehead atoms. The van der Waals surface area contributed by atoms with Crippen LogP contribution in [0, 0.1) is 0 Å². The van der Waals surface area contributed by atoms with Crippen LogP contribution in [-0.4, -0.2) is 42.8 Å². The average Bonchev–Trinajstić information content (AvgIpc) is 2.73. The molecule has 1 N–H and O–H groups in total. The van der Waals surface area contributed by atoms with E-state index in [1.807, 2.05) is 13.8 Å². The summed E-state index contributed by atoms with van der Waals surface area (Å²) in [4.78, 5) is 9.08. The Morgan fingerprint density at radius 1 is 0.533 bits per heavy atom. The van der Waals surface area contributed by atoms with Gasteiger partial charge in [0.2, 0.25) is 0 Å². The number of unbranched alkanes of at least 4 members (excludes halogenated alkanes) is 6. The second-order valence-electron chi connectivity index (χ2n) is 8.49. The van der Waals surface area contributed by atoms with Gasteiger partial charge in [-0.3, -0.25) is 9.05 Å². The van der Waals surface area contributed by atoms with Crippen LogP contribution in [0.15, 0.2) is 0 Å². The Balaban J connectivity index is 0. The molecule has 0 atom stereocenters. The van der Waals surface area contributed by atoms with Crippen molar-refractivity contribution < 1.29 is 18.5 Å². The van der Waals surface area contributed by atoms with Crippen molar-refractivity contribution in [2.45, 2.75) is 119 Å². The minimum absolute atomic E-state index is 0.288. The summed E-state index contributed by atoms with van der Waals surface area (Å²) < 4.78 is 20.5. The highest BCUT2D eigenvalue weighted by molar-refractivity contribution is 7.75. The lowest BCUT2D eigenvalue weighted by atomic mass is 10.4. The van der Waals surface area contributed by atoms with Gasteiger partial charge in [-0.15, -0.1) is 7.26 Å². The predicted octanol–water partition coefficient (Wildman–Crippen LogP) is 8.92. The van der Waals surface area contributed by atoms with Crippen LogP contribution in [0.1, 0.15) is 119 Å². The van der Waals surface area contributed by atoms with E-state index in [1.54, 1.807) is 24.6 Å². The first-order valence-electron chi connectivity index (χ1n) is 12.8. The van der Waals surface area contributed by atoms with E-state index in [0.717, 1.165) is 25.7 Å². The molecule has 0 aliphatic heterocycles. The van der Waals surface area contributed by atoms with E-state index in [1.165, 1.54) is 51.4 Å². The predicted molar refractivity (Wildman–Crippen MR) is 138 cm³/mol. The Kier molecular flexibility index (Phi) is 24.8. The molecular formula is C24H55O4P2. The second kappa shape index (κ2) is 22.7. The number of phosphoric acid groups is 1. The lowest BCUT2D eigenvalue weighted by Gasteiger charge is -2.37. The summed E-state index contributed by atoms with van der Waals surface area (Å²) in [5, 5.41) is 0. The van der Waals surface area contributed by atoms with E-state index in [4.69, 9.17) is 13.9 Å². The van der Waals surface area contributed by atoms with Gasteiger partial charge in [-0.25, -0.2) is 4.57 Å². The standard InChI is InChI=1S/C16H36P.C8H19O4P/c1-5-9-13-17(14-10-6-2,15-11-7-3)16-12-8-4;1-3-5-7-11-13(9,10)12-8-6-4-2/h5-16H2,1-4H3;3-8H2,1-2H3,(H,9,10). The molecule has 0 aromatic heterocycles. The Morgan fingerprint density at radius 2 is 0.800 bits per heavy atom. The lowest BCUT2D eigenvalue weighted by Crippen LogP contribution is -2.12. The van der Waals surface area contributed by atoms with Crippen LogP contribution < -0.4 is 0 Å². The maximum atomic E-state index is 11.1. The fourth-order valence-corrected chi connectivity index (χ4v) is 9.41. The van der Waals surface area contributed by atoms with E-state index in [0.29, 0.717) is 0 Å². The summed E-state index contributed by atoms with van der Waals surface area (Å²) in [6, 6.07) is 0. The van der Waals surface area contributed by atoms with Gasteiger partial charge in [-0.1, -0.05) is 80.1 Å². The van der Waals surface area contributed by atoms with Crippen molar-refractivity contribution in [3.8, 4) is 0 Å². The van der Waals surface area contributed by atoms with Crippen molar-refractivity contribution in [2.75, 3.05) is 37.9 Å². The van der Waals surface area contributed by atoms with Crippen LogP contribution in [0.2, 0.25) is 0 Å². The normalized spacial score (nSPS) is 12.0. The molecule has 0 heterocycles. The molecular weight excluding hydrogens is 414 g/mol. The average molecular weight is 470 g/mol. The highest BCUT2D eigenvalue weighted by Gasteiger charge is 2.24. The second-order valence-corrected chi connectivity index (χ2v) is 14.4. The molecule has 0 fully saturated rings. The van der Waals surface area contributed by atoms with Crippen LogP contribution in [0.25, 0.3) is 0 Å². The monoisotopic (exact) mass is 469 g/mol. The molecule has 0 saturated heterocycles. The van der Waals surface area contributed by atoms with Crippen molar-refractivity contribution >= 4 is 15.1 Å². The summed E-state index contributed by atoms with van der Waals surface area (Å²) in [5.74, 6) is 0. The fraction of sp³-hybridized carbons (Fsp3) is 1.00. The van der Waals surface area contributed by atoms with Gasteiger partial charge in [0.05, 0.1) is 13.2 Å². The molecule has 6 heteroatoms. The highest BCUT2D eigenvalue weighted by Crippen LogP contribution is 2.61. The maximum Gasteiger partial charge on any atom is 0.472 e. The van der Waals surface area contributed by atoms with Crippen molar-refractivity contribution in [2.24, 2.45) is 0 Å². The van der Waals surface area contributed by atoms with Crippen molar-refractivity contribution in [3.05, 3.63) is 0 Å². The zero-order valence-corrected chi connectivity index (χ0v) is 23.1. The van der Waals surface area contributed by atoms with E-state index in [-0.39, 0.29) is 13.2 Å². The zero-order chi connectivity index (χ0) is 23.1. The van der Waals surface area contributed by atoms with E-state index >= 15 is 0 Å². The summed E-state index contributed by atoms with van der Waals surface area (Å²) >= 11 is 0. The zero-order valence-electron chi connectivity index (χ0n) is 21.3. The van der Waals surface area contributed by atoms with Gasteiger partial charge in [0.25, 0.3) is 0 Å². The van der Waals surface area contributed by atoms with Gasteiger partial charge in [0.15, 0.2) is 0 Å². The summed E-state index contributed by atoms with van der Waals surface area (Å²) in [7, 11) is -4.31. The molecule has 30 heavy (non-hydrogen) atoms. The Bertz CT molecular complexity index is 340. The number of rotatable bonds is 20. The van der Waals surface area contributed by atoms with Crippen molar-refractivity contribution in [3.63, 3.8) is 0 Å². The first-order chi connectivity index (χ1) is 14.4. The quantitative estimate of drug-likeness (QED) is 0.143. The highest BCUT2D eigenvalue weighted by atomic mass is 31.2. The third-order valence-corrected chi connectivity index (χ3v) is 11.5. The molecule has 0 saturated carbocycles. The van der Waals surface area contributed by atoms with Gasteiger partial charge < -0.3 is 4.89 Å². The van der Waals surface area contributed by atoms with E-state index in [9.17, 15) is 4.57 Å². The van der Waals surface area contributed by atoms with E-state index in [2.05, 4.69) is 27.7 Å². The van der Waals surface area contributed by atoms with Crippen molar-refractivity contribution in [1.82, 2.24) is 0 Å². The Hall–Kier alpha value is 0.540. The van der Waals surface area contributed by atoms with Crippen LogP contribution >= 0.6 is 15.1 Å². The number of phosphoric ester groups is 1. The minimum Gasteiger partial charge on any atom is -0.302 e. The number of hydrogen-bond acceptors (Lipinski definition) is 3. The Labute approximate surface area is 190 Å². The van der Waals surface area contributed by atoms with Crippen LogP contribution in [-0.2, 0) is 13.6 Å². The van der Waals surface area contributed by atoms with Crippen LogP contribution in [0.5, 0.6) is 0 Å². The van der Waals surface area contributed by atoms with Gasteiger partial charge in [-0.2, -0.15) is 0 Å². The molecule has 0 rings (SSSR count).